The minimum atomic E-state index is -0.722. The molecule has 0 fully saturated rings. The van der Waals surface area contributed by atoms with Crippen LogP contribution in [0, 0.1) is 13.8 Å². The van der Waals surface area contributed by atoms with E-state index in [0.717, 1.165) is 34.6 Å². The van der Waals surface area contributed by atoms with Gasteiger partial charge in [0.2, 0.25) is 0 Å². The van der Waals surface area contributed by atoms with Crippen LogP contribution in [0.15, 0.2) is 22.4 Å². The first-order valence-corrected chi connectivity index (χ1v) is 9.73. The van der Waals surface area contributed by atoms with E-state index in [2.05, 4.69) is 10.3 Å². The van der Waals surface area contributed by atoms with E-state index in [0.29, 0.717) is 11.1 Å². The number of hydrogen-bond donors (Lipinski definition) is 2. The summed E-state index contributed by atoms with van der Waals surface area (Å²) in [7, 11) is 0. The van der Waals surface area contributed by atoms with Crippen LogP contribution in [0.2, 0.25) is 0 Å². The fraction of sp³-hybridized carbons (Fsp3) is 0.409. The fourth-order valence-corrected chi connectivity index (χ4v) is 3.27. The van der Waals surface area contributed by atoms with Gasteiger partial charge >= 0.3 is 11.9 Å². The van der Waals surface area contributed by atoms with Gasteiger partial charge < -0.3 is 19.8 Å². The molecule has 7 nitrogen and oxygen atoms in total. The van der Waals surface area contributed by atoms with Gasteiger partial charge in [-0.1, -0.05) is 6.92 Å². The van der Waals surface area contributed by atoms with Gasteiger partial charge in [0, 0.05) is 22.7 Å². The van der Waals surface area contributed by atoms with Gasteiger partial charge in [-0.3, -0.25) is 4.79 Å². The number of amides is 1. The molecule has 2 heterocycles. The Balaban J connectivity index is 2.51. The normalized spacial score (nSPS) is 14.8. The predicted molar refractivity (Wildman–Crippen MR) is 111 cm³/mol. The highest BCUT2D eigenvalue weighted by Gasteiger charge is 2.24. The average Bonchev–Trinajstić information content (AvgIpc) is 3.08. The van der Waals surface area contributed by atoms with Crippen molar-refractivity contribution in [2.24, 2.45) is 0 Å². The number of aromatic nitrogens is 1. The highest BCUT2D eigenvalue weighted by molar-refractivity contribution is 6.18. The first-order chi connectivity index (χ1) is 13.7. The first-order valence-electron chi connectivity index (χ1n) is 9.73. The van der Waals surface area contributed by atoms with Gasteiger partial charge in [0.05, 0.1) is 13.2 Å². The van der Waals surface area contributed by atoms with Crippen molar-refractivity contribution < 1.29 is 23.9 Å². The summed E-state index contributed by atoms with van der Waals surface area (Å²) >= 11 is 0. The van der Waals surface area contributed by atoms with Gasteiger partial charge in [0.25, 0.3) is 5.91 Å². The Morgan fingerprint density at radius 3 is 2.10 bits per heavy atom. The lowest BCUT2D eigenvalue weighted by Crippen LogP contribution is -2.18. The van der Waals surface area contributed by atoms with Crippen molar-refractivity contribution in [3.63, 3.8) is 0 Å². The van der Waals surface area contributed by atoms with E-state index < -0.39 is 11.9 Å². The third-order valence-corrected chi connectivity index (χ3v) is 4.82. The van der Waals surface area contributed by atoms with E-state index in [4.69, 9.17) is 9.47 Å². The molecule has 29 heavy (non-hydrogen) atoms. The summed E-state index contributed by atoms with van der Waals surface area (Å²) < 4.78 is 10.0. The van der Waals surface area contributed by atoms with Crippen LogP contribution in [0.1, 0.15) is 56.6 Å². The quantitative estimate of drug-likeness (QED) is 0.317. The topological polar surface area (TPSA) is 97.5 Å². The van der Waals surface area contributed by atoms with Gasteiger partial charge in [-0.15, -0.1) is 0 Å². The number of aromatic amines is 1. The van der Waals surface area contributed by atoms with Gasteiger partial charge in [0.1, 0.15) is 5.57 Å². The van der Waals surface area contributed by atoms with Crippen LogP contribution >= 0.6 is 0 Å². The summed E-state index contributed by atoms with van der Waals surface area (Å²) in [5.74, 6) is -1.54. The summed E-state index contributed by atoms with van der Waals surface area (Å²) in [5, 5.41) is 2.88. The number of aryl methyl sites for hydroxylation is 1. The van der Waals surface area contributed by atoms with E-state index in [-0.39, 0.29) is 24.7 Å². The second kappa shape index (κ2) is 9.41. The molecule has 0 saturated carbocycles. The largest absolute Gasteiger partial charge is 0.462 e. The van der Waals surface area contributed by atoms with Crippen molar-refractivity contribution in [2.75, 3.05) is 13.2 Å². The molecule has 0 aliphatic carbocycles. The molecular formula is C22H28N2O5. The number of carbonyl (C=O) groups excluding carboxylic acids is 3. The second-order valence-electron chi connectivity index (χ2n) is 6.67. The Hall–Kier alpha value is -3.09. The molecule has 7 heteroatoms. The molecule has 0 unspecified atom stereocenters. The Labute approximate surface area is 170 Å². The molecule has 1 aliphatic heterocycles. The van der Waals surface area contributed by atoms with Crippen LogP contribution in [0.25, 0.3) is 12.2 Å². The standard InChI is InChI=1S/C22H28N2O5/c1-7-15-13(5)20(25)24-19(15)11-18-12(4)16(14(6)23-18)10-17(21(26)28-8-2)22(27)29-9-3/h10-11,23H,7-9H2,1-6H3,(H,24,25)/b19-11-. The lowest BCUT2D eigenvalue weighted by atomic mass is 10.0. The van der Waals surface area contributed by atoms with E-state index in [1.54, 1.807) is 20.8 Å². The van der Waals surface area contributed by atoms with Crippen molar-refractivity contribution in [1.29, 1.82) is 0 Å². The SMILES string of the molecule is CCOC(=O)C(=Cc1c(C)[nH]c(/C=C2\NC(=O)C(C)=C2CC)c1C)C(=O)OCC. The average molecular weight is 400 g/mol. The highest BCUT2D eigenvalue weighted by Crippen LogP contribution is 2.28. The number of esters is 2. The van der Waals surface area contributed by atoms with Gasteiger partial charge in [-0.25, -0.2) is 9.59 Å². The molecule has 0 aromatic carbocycles. The molecule has 0 bridgehead atoms. The molecule has 0 atom stereocenters. The molecule has 0 radical (unpaired) electrons. The Kier molecular flexibility index (Phi) is 7.20. The highest BCUT2D eigenvalue weighted by atomic mass is 16.6. The second-order valence-corrected chi connectivity index (χ2v) is 6.67. The number of ether oxygens (including phenoxy) is 2. The number of allylic oxidation sites excluding steroid dienone is 1. The van der Waals surface area contributed by atoms with E-state index in [1.807, 2.05) is 26.8 Å². The van der Waals surface area contributed by atoms with Crippen molar-refractivity contribution in [1.82, 2.24) is 10.3 Å². The van der Waals surface area contributed by atoms with Gasteiger partial charge in [0.15, 0.2) is 0 Å². The number of nitrogens with one attached hydrogen (secondary N) is 2. The zero-order valence-electron chi connectivity index (χ0n) is 17.8. The Morgan fingerprint density at radius 1 is 1.00 bits per heavy atom. The molecular weight excluding hydrogens is 372 g/mol. The number of rotatable bonds is 7. The lowest BCUT2D eigenvalue weighted by molar-refractivity contribution is -0.146. The molecule has 156 valence electrons. The zero-order chi connectivity index (χ0) is 21.7. The van der Waals surface area contributed by atoms with Crippen LogP contribution in [0.5, 0.6) is 0 Å². The summed E-state index contributed by atoms with van der Waals surface area (Å²) in [6, 6.07) is 0. The molecule has 1 aromatic heterocycles. The first kappa shape index (κ1) is 22.2. The maximum absolute atomic E-state index is 12.3. The smallest absolute Gasteiger partial charge is 0.345 e. The zero-order valence-corrected chi connectivity index (χ0v) is 17.8. The lowest BCUT2D eigenvalue weighted by Gasteiger charge is -2.07. The van der Waals surface area contributed by atoms with Crippen LogP contribution in [0.4, 0.5) is 0 Å². The van der Waals surface area contributed by atoms with Crippen LogP contribution < -0.4 is 5.32 Å². The maximum atomic E-state index is 12.3. The van der Waals surface area contributed by atoms with Crippen molar-refractivity contribution in [2.45, 2.75) is 48.0 Å². The number of H-pyrrole nitrogens is 1. The molecule has 0 spiro atoms. The van der Waals surface area contributed by atoms with E-state index in [1.165, 1.54) is 6.08 Å². The van der Waals surface area contributed by atoms with Crippen molar-refractivity contribution >= 4 is 30.0 Å². The minimum absolute atomic E-state index is 0.0962. The summed E-state index contributed by atoms with van der Waals surface area (Å²) in [5.41, 5.74) is 5.40. The Bertz CT molecular complexity index is 911. The summed E-state index contributed by atoms with van der Waals surface area (Å²) in [4.78, 5) is 39.8. The van der Waals surface area contributed by atoms with Crippen LogP contribution in [0.3, 0.4) is 0 Å². The molecule has 2 rings (SSSR count). The van der Waals surface area contributed by atoms with E-state index in [9.17, 15) is 14.4 Å². The molecule has 1 aliphatic rings. The van der Waals surface area contributed by atoms with Crippen LogP contribution in [-0.2, 0) is 23.9 Å². The molecule has 0 saturated heterocycles. The monoisotopic (exact) mass is 400 g/mol. The van der Waals surface area contributed by atoms with Crippen molar-refractivity contribution in [3.05, 3.63) is 44.9 Å². The minimum Gasteiger partial charge on any atom is -0.462 e. The molecule has 1 amide bonds. The van der Waals surface area contributed by atoms with Gasteiger partial charge in [-0.05, 0) is 69.9 Å². The molecule has 2 N–H and O–H groups in total. The Morgan fingerprint density at radius 2 is 1.59 bits per heavy atom. The van der Waals surface area contributed by atoms with Gasteiger partial charge in [-0.2, -0.15) is 0 Å². The van der Waals surface area contributed by atoms with Crippen LogP contribution in [-0.4, -0.2) is 36.0 Å². The number of carbonyl (C=O) groups is 3. The fourth-order valence-electron chi connectivity index (χ4n) is 3.27. The number of hydrogen-bond acceptors (Lipinski definition) is 5. The van der Waals surface area contributed by atoms with Crippen molar-refractivity contribution in [3.8, 4) is 0 Å². The maximum Gasteiger partial charge on any atom is 0.345 e. The third kappa shape index (κ3) is 4.67. The predicted octanol–water partition coefficient (Wildman–Crippen LogP) is 3.34. The molecule has 1 aromatic rings. The van der Waals surface area contributed by atoms with E-state index >= 15 is 0 Å². The summed E-state index contributed by atoms with van der Waals surface area (Å²) in [6.07, 6.45) is 4.10. The third-order valence-electron chi connectivity index (χ3n) is 4.82. The summed E-state index contributed by atoms with van der Waals surface area (Å²) in [6.45, 7) is 11.2.